The maximum Gasteiger partial charge on any atom is 0.254 e. The molecular weight excluding hydrogens is 394 g/mol. The smallest absolute Gasteiger partial charge is 0.254 e. The van der Waals surface area contributed by atoms with E-state index in [0.717, 1.165) is 25.1 Å². The zero-order chi connectivity index (χ0) is 21.0. The van der Waals surface area contributed by atoms with Crippen LogP contribution in [0.5, 0.6) is 11.5 Å². The molecule has 0 unspecified atom stereocenters. The van der Waals surface area contributed by atoms with Crippen molar-refractivity contribution >= 4 is 17.5 Å². The molecular formula is C23H23N5O3. The van der Waals surface area contributed by atoms with Crippen molar-refractivity contribution in [2.24, 2.45) is 0 Å². The number of ether oxygens (including phenoxy) is 2. The first-order valence-corrected chi connectivity index (χ1v) is 10.5. The molecule has 4 heterocycles. The number of aromatic nitrogens is 3. The van der Waals surface area contributed by atoms with E-state index in [9.17, 15) is 4.79 Å². The monoisotopic (exact) mass is 417 g/mol. The standard InChI is InChI=1S/C23H23N5O3/c29-23(16-6-7-19-20(13-16)31-12-11-30-19)28-10-2-3-17(15-28)18-4-1-5-21(26-18)27-22-14-24-8-9-25-22/h1,4-9,13-14,17H,2-3,10-12,15H2,(H,25,26,27)/t17-/m1/s1. The van der Waals surface area contributed by atoms with Gasteiger partial charge < -0.3 is 19.7 Å². The number of hydrogen-bond acceptors (Lipinski definition) is 7. The fourth-order valence-corrected chi connectivity index (χ4v) is 4.01. The lowest BCUT2D eigenvalue weighted by molar-refractivity contribution is 0.0705. The summed E-state index contributed by atoms with van der Waals surface area (Å²) in [6.45, 7) is 2.41. The van der Waals surface area contributed by atoms with Crippen molar-refractivity contribution in [3.8, 4) is 11.5 Å². The summed E-state index contributed by atoms with van der Waals surface area (Å²) in [5.74, 6) is 2.87. The molecule has 1 saturated heterocycles. The molecule has 0 spiro atoms. The average Bonchev–Trinajstić information content (AvgIpc) is 2.84. The van der Waals surface area contributed by atoms with E-state index in [1.54, 1.807) is 24.7 Å². The maximum absolute atomic E-state index is 13.2. The first-order valence-electron chi connectivity index (χ1n) is 10.5. The van der Waals surface area contributed by atoms with Gasteiger partial charge in [0.05, 0.1) is 6.20 Å². The molecule has 8 heteroatoms. The van der Waals surface area contributed by atoms with E-state index >= 15 is 0 Å². The molecule has 158 valence electrons. The van der Waals surface area contributed by atoms with Crippen LogP contribution in [0.3, 0.4) is 0 Å². The van der Waals surface area contributed by atoms with Crippen LogP contribution in [0, 0.1) is 0 Å². The summed E-state index contributed by atoms with van der Waals surface area (Å²) in [4.78, 5) is 28.1. The van der Waals surface area contributed by atoms with Crippen LogP contribution in [-0.4, -0.2) is 52.1 Å². The molecule has 1 aromatic carbocycles. The van der Waals surface area contributed by atoms with Gasteiger partial charge in [-0.2, -0.15) is 0 Å². The van der Waals surface area contributed by atoms with Crippen LogP contribution >= 0.6 is 0 Å². The van der Waals surface area contributed by atoms with Crippen molar-refractivity contribution in [2.75, 3.05) is 31.6 Å². The number of benzene rings is 1. The number of carbonyl (C=O) groups excluding carboxylic acids is 1. The van der Waals surface area contributed by atoms with Crippen molar-refractivity contribution in [3.63, 3.8) is 0 Å². The van der Waals surface area contributed by atoms with Gasteiger partial charge in [-0.25, -0.2) is 9.97 Å². The Morgan fingerprint density at radius 2 is 1.97 bits per heavy atom. The Labute approximate surface area is 180 Å². The fourth-order valence-electron chi connectivity index (χ4n) is 4.01. The Hall–Kier alpha value is -3.68. The molecule has 2 aliphatic rings. The highest BCUT2D eigenvalue weighted by molar-refractivity contribution is 5.95. The highest BCUT2D eigenvalue weighted by Gasteiger charge is 2.27. The van der Waals surface area contributed by atoms with Gasteiger partial charge in [0.1, 0.15) is 24.8 Å². The summed E-state index contributed by atoms with van der Waals surface area (Å²) in [6.07, 6.45) is 6.85. The van der Waals surface area contributed by atoms with Gasteiger partial charge in [-0.05, 0) is 43.2 Å². The summed E-state index contributed by atoms with van der Waals surface area (Å²) in [6, 6.07) is 11.3. The quantitative estimate of drug-likeness (QED) is 0.696. The summed E-state index contributed by atoms with van der Waals surface area (Å²) in [5, 5.41) is 3.18. The molecule has 0 bridgehead atoms. The zero-order valence-electron chi connectivity index (χ0n) is 17.0. The number of amides is 1. The predicted octanol–water partition coefficient (Wildman–Crippen LogP) is 3.41. The first kappa shape index (κ1) is 19.3. The van der Waals surface area contributed by atoms with Gasteiger partial charge in [0, 0.05) is 42.7 Å². The van der Waals surface area contributed by atoms with E-state index in [1.165, 1.54) is 0 Å². The third kappa shape index (κ3) is 4.28. The zero-order valence-corrected chi connectivity index (χ0v) is 17.0. The van der Waals surface area contributed by atoms with E-state index in [2.05, 4.69) is 15.3 Å². The van der Waals surface area contributed by atoms with E-state index in [1.807, 2.05) is 35.2 Å². The number of carbonyl (C=O) groups is 1. The van der Waals surface area contributed by atoms with E-state index in [-0.39, 0.29) is 11.8 Å². The molecule has 8 nitrogen and oxygen atoms in total. The maximum atomic E-state index is 13.2. The largest absolute Gasteiger partial charge is 0.486 e. The Bertz CT molecular complexity index is 1080. The number of fused-ring (bicyclic) bond motifs is 1. The first-order chi connectivity index (χ1) is 15.3. The van der Waals surface area contributed by atoms with Crippen LogP contribution in [0.25, 0.3) is 0 Å². The number of hydrogen-bond donors (Lipinski definition) is 1. The lowest BCUT2D eigenvalue weighted by Gasteiger charge is -2.33. The minimum atomic E-state index is 0.00973. The second-order valence-corrected chi connectivity index (χ2v) is 7.61. The number of nitrogens with zero attached hydrogens (tertiary/aromatic N) is 4. The molecule has 5 rings (SSSR count). The van der Waals surface area contributed by atoms with Crippen molar-refractivity contribution < 1.29 is 14.3 Å². The highest BCUT2D eigenvalue weighted by Crippen LogP contribution is 2.32. The molecule has 1 N–H and O–H groups in total. The summed E-state index contributed by atoms with van der Waals surface area (Å²) >= 11 is 0. The van der Waals surface area contributed by atoms with Crippen LogP contribution in [0.4, 0.5) is 11.6 Å². The molecule has 2 aromatic heterocycles. The predicted molar refractivity (Wildman–Crippen MR) is 115 cm³/mol. The number of rotatable bonds is 4. The van der Waals surface area contributed by atoms with E-state index in [0.29, 0.717) is 48.5 Å². The molecule has 3 aromatic rings. The Morgan fingerprint density at radius 3 is 2.84 bits per heavy atom. The van der Waals surface area contributed by atoms with Gasteiger partial charge in [-0.1, -0.05) is 6.07 Å². The summed E-state index contributed by atoms with van der Waals surface area (Å²) < 4.78 is 11.2. The van der Waals surface area contributed by atoms with Crippen LogP contribution in [0.2, 0.25) is 0 Å². The van der Waals surface area contributed by atoms with Crippen LogP contribution < -0.4 is 14.8 Å². The topological polar surface area (TPSA) is 89.5 Å². The summed E-state index contributed by atoms with van der Waals surface area (Å²) in [7, 11) is 0. The molecule has 31 heavy (non-hydrogen) atoms. The normalized spacial score (nSPS) is 17.8. The number of pyridine rings is 1. The minimum absolute atomic E-state index is 0.00973. The molecule has 0 aliphatic carbocycles. The Balaban J connectivity index is 1.30. The lowest BCUT2D eigenvalue weighted by atomic mass is 9.93. The lowest BCUT2D eigenvalue weighted by Crippen LogP contribution is -2.39. The second-order valence-electron chi connectivity index (χ2n) is 7.61. The Morgan fingerprint density at radius 1 is 1.06 bits per heavy atom. The highest BCUT2D eigenvalue weighted by atomic mass is 16.6. The van der Waals surface area contributed by atoms with Crippen LogP contribution in [-0.2, 0) is 0 Å². The summed E-state index contributed by atoms with van der Waals surface area (Å²) in [5.41, 5.74) is 1.59. The van der Waals surface area contributed by atoms with Gasteiger partial charge in [0.25, 0.3) is 5.91 Å². The van der Waals surface area contributed by atoms with Crippen LogP contribution in [0.15, 0.2) is 55.0 Å². The molecule has 0 saturated carbocycles. The van der Waals surface area contributed by atoms with Gasteiger partial charge in [-0.15, -0.1) is 0 Å². The van der Waals surface area contributed by atoms with Crippen molar-refractivity contribution in [1.29, 1.82) is 0 Å². The van der Waals surface area contributed by atoms with Crippen molar-refractivity contribution in [1.82, 2.24) is 19.9 Å². The molecule has 2 aliphatic heterocycles. The van der Waals surface area contributed by atoms with Crippen molar-refractivity contribution in [3.05, 3.63) is 66.2 Å². The van der Waals surface area contributed by atoms with E-state index < -0.39 is 0 Å². The second kappa shape index (κ2) is 8.59. The van der Waals surface area contributed by atoms with Gasteiger partial charge in [0.15, 0.2) is 11.5 Å². The molecule has 0 radical (unpaired) electrons. The number of piperidine rings is 1. The minimum Gasteiger partial charge on any atom is -0.486 e. The number of nitrogens with one attached hydrogen (secondary N) is 1. The average molecular weight is 417 g/mol. The van der Waals surface area contributed by atoms with Gasteiger partial charge in [0.2, 0.25) is 0 Å². The molecule has 1 atom stereocenters. The Kier molecular flexibility index (Phi) is 5.35. The molecule has 1 amide bonds. The van der Waals surface area contributed by atoms with Crippen molar-refractivity contribution in [2.45, 2.75) is 18.8 Å². The number of anilines is 2. The van der Waals surface area contributed by atoms with E-state index in [4.69, 9.17) is 14.5 Å². The SMILES string of the molecule is O=C(c1ccc2c(c1)OCCO2)N1CCC[C@@H](c2cccc(Nc3cnccn3)n2)C1. The third-order valence-electron chi connectivity index (χ3n) is 5.51. The van der Waals surface area contributed by atoms with Crippen LogP contribution in [0.1, 0.15) is 34.8 Å². The third-order valence-corrected chi connectivity index (χ3v) is 5.51. The molecule has 1 fully saturated rings. The fraction of sp³-hybridized carbons (Fsp3) is 0.304. The van der Waals surface area contributed by atoms with Gasteiger partial charge >= 0.3 is 0 Å². The number of likely N-dealkylation sites (tertiary alicyclic amines) is 1. The van der Waals surface area contributed by atoms with Gasteiger partial charge in [-0.3, -0.25) is 9.78 Å².